The van der Waals surface area contributed by atoms with E-state index in [0.717, 1.165) is 25.9 Å². The van der Waals surface area contributed by atoms with Crippen molar-refractivity contribution >= 4 is 11.7 Å². The zero-order valence-corrected chi connectivity index (χ0v) is 14.1. The van der Waals surface area contributed by atoms with Crippen molar-refractivity contribution < 1.29 is 4.79 Å². The Morgan fingerprint density at radius 2 is 1.83 bits per heavy atom. The molecule has 1 aliphatic heterocycles. The number of urea groups is 1. The number of rotatable bonds is 2. The average molecular weight is 322 g/mol. The molecule has 2 aromatic rings. The number of hydrogen-bond acceptors (Lipinski definition) is 2. The lowest BCUT2D eigenvalue weighted by molar-refractivity contribution is 0.183. The predicted molar refractivity (Wildman–Crippen MR) is 93.9 cm³/mol. The van der Waals surface area contributed by atoms with Crippen LogP contribution in [0, 0.1) is 25.2 Å². The molecule has 0 saturated carbocycles. The van der Waals surface area contributed by atoms with Crippen LogP contribution in [0.25, 0.3) is 0 Å². The van der Waals surface area contributed by atoms with E-state index < -0.39 is 0 Å². The zero-order valence-electron chi connectivity index (χ0n) is 14.1. The first-order valence-electron chi connectivity index (χ1n) is 8.29. The topological polar surface area (TPSA) is 61.1 Å². The van der Waals surface area contributed by atoms with Crippen LogP contribution in [0.5, 0.6) is 0 Å². The van der Waals surface area contributed by atoms with Crippen molar-refractivity contribution in [3.63, 3.8) is 0 Å². The smallest absolute Gasteiger partial charge is 0.321 e. The molecule has 0 aliphatic carbocycles. The molecule has 0 radical (unpaired) electrons. The van der Waals surface area contributed by atoms with Gasteiger partial charge in [-0.15, -0.1) is 0 Å². The Morgan fingerprint density at radius 3 is 2.46 bits per heavy atom. The fraction of sp³-hybridized carbons (Fsp3) is 0.368. The van der Waals surface area contributed by atoms with Gasteiger partial charge in [0, 0.05) is 36.2 Å². The van der Waals surface area contributed by atoms with Crippen LogP contribution in [-0.4, -0.2) is 28.6 Å². The average Bonchev–Trinajstić information content (AvgIpc) is 2.94. The van der Waals surface area contributed by atoms with Crippen molar-refractivity contribution in [1.29, 1.82) is 5.26 Å². The quantitative estimate of drug-likeness (QED) is 0.913. The van der Waals surface area contributed by atoms with E-state index in [1.54, 1.807) is 24.3 Å². The molecule has 3 rings (SSSR count). The van der Waals surface area contributed by atoms with Crippen LogP contribution < -0.4 is 5.32 Å². The van der Waals surface area contributed by atoms with E-state index in [1.807, 2.05) is 4.90 Å². The third-order valence-corrected chi connectivity index (χ3v) is 4.69. The van der Waals surface area contributed by atoms with Gasteiger partial charge in [0.05, 0.1) is 11.6 Å². The Hall–Kier alpha value is -2.74. The molecule has 124 valence electrons. The van der Waals surface area contributed by atoms with Gasteiger partial charge in [-0.25, -0.2) is 4.79 Å². The molecule has 0 unspecified atom stereocenters. The highest BCUT2D eigenvalue weighted by Gasteiger charge is 2.25. The second-order valence-corrected chi connectivity index (χ2v) is 6.33. The van der Waals surface area contributed by atoms with Gasteiger partial charge in [0.15, 0.2) is 0 Å². The van der Waals surface area contributed by atoms with Crippen LogP contribution >= 0.6 is 0 Å². The fourth-order valence-electron chi connectivity index (χ4n) is 3.45. The molecular formula is C19H22N4O. The van der Waals surface area contributed by atoms with Gasteiger partial charge in [0.25, 0.3) is 0 Å². The summed E-state index contributed by atoms with van der Waals surface area (Å²) in [5, 5.41) is 11.8. The fourth-order valence-corrected chi connectivity index (χ4v) is 3.45. The summed E-state index contributed by atoms with van der Waals surface area (Å²) < 4.78 is 2.38. The number of amides is 2. The molecule has 5 nitrogen and oxygen atoms in total. The third kappa shape index (κ3) is 3.28. The minimum Gasteiger partial charge on any atom is -0.346 e. The first-order valence-corrected chi connectivity index (χ1v) is 8.29. The maximum atomic E-state index is 12.4. The van der Waals surface area contributed by atoms with Crippen molar-refractivity contribution in [1.82, 2.24) is 9.47 Å². The Kier molecular flexibility index (Phi) is 4.57. The number of carbonyl (C=O) groups excluding carboxylic acids is 1. The Morgan fingerprint density at radius 1 is 1.17 bits per heavy atom. The molecule has 2 amide bonds. The second-order valence-electron chi connectivity index (χ2n) is 6.33. The van der Waals surface area contributed by atoms with Gasteiger partial charge in [-0.05, 0) is 57.0 Å². The number of piperidine rings is 1. The van der Waals surface area contributed by atoms with Crippen LogP contribution in [-0.2, 0) is 0 Å². The molecule has 5 heteroatoms. The number of hydrogen-bond donors (Lipinski definition) is 1. The first kappa shape index (κ1) is 16.1. The summed E-state index contributed by atoms with van der Waals surface area (Å²) in [5.74, 6) is 0. The molecule has 1 aromatic heterocycles. The number of likely N-dealkylation sites (tertiary alicyclic amines) is 1. The summed E-state index contributed by atoms with van der Waals surface area (Å²) in [6.45, 7) is 5.75. The van der Waals surface area contributed by atoms with E-state index in [4.69, 9.17) is 5.26 Å². The molecule has 1 fully saturated rings. The second kappa shape index (κ2) is 6.79. The summed E-state index contributed by atoms with van der Waals surface area (Å²) in [4.78, 5) is 14.3. The Balaban J connectivity index is 1.60. The van der Waals surface area contributed by atoms with Crippen LogP contribution in [0.4, 0.5) is 10.5 Å². The first-order chi connectivity index (χ1) is 11.6. The standard InChI is InChI=1S/C19H22N4O/c1-14-6-7-15(2)23(14)18-8-10-22(11-9-18)19(24)21-17-5-3-4-16(12-17)13-20/h3-7,12,18H,8-11H2,1-2H3,(H,21,24). The minimum absolute atomic E-state index is 0.0931. The maximum Gasteiger partial charge on any atom is 0.321 e. The van der Waals surface area contributed by atoms with Crippen LogP contribution in [0.3, 0.4) is 0 Å². The summed E-state index contributed by atoms with van der Waals surface area (Å²) in [6.07, 6.45) is 1.92. The molecule has 1 aliphatic rings. The summed E-state index contributed by atoms with van der Waals surface area (Å²) in [5.41, 5.74) is 3.77. The normalized spacial score (nSPS) is 15.1. The van der Waals surface area contributed by atoms with E-state index in [0.29, 0.717) is 17.3 Å². The van der Waals surface area contributed by atoms with Crippen molar-refractivity contribution in [2.45, 2.75) is 32.7 Å². The van der Waals surface area contributed by atoms with E-state index in [9.17, 15) is 4.79 Å². The van der Waals surface area contributed by atoms with E-state index in [1.165, 1.54) is 11.4 Å². The highest BCUT2D eigenvalue weighted by Crippen LogP contribution is 2.26. The van der Waals surface area contributed by atoms with E-state index in [-0.39, 0.29) is 6.03 Å². The zero-order chi connectivity index (χ0) is 17.1. The third-order valence-electron chi connectivity index (χ3n) is 4.69. The number of anilines is 1. The van der Waals surface area contributed by atoms with Gasteiger partial charge in [0.1, 0.15) is 0 Å². The lowest BCUT2D eigenvalue weighted by Crippen LogP contribution is -2.41. The molecule has 1 saturated heterocycles. The largest absolute Gasteiger partial charge is 0.346 e. The molecular weight excluding hydrogens is 300 g/mol. The number of nitriles is 1. The van der Waals surface area contributed by atoms with E-state index in [2.05, 4.69) is 41.9 Å². The summed E-state index contributed by atoms with van der Waals surface area (Å²) in [7, 11) is 0. The van der Waals surface area contributed by atoms with Crippen molar-refractivity contribution in [2.75, 3.05) is 18.4 Å². The van der Waals surface area contributed by atoms with Gasteiger partial charge >= 0.3 is 6.03 Å². The van der Waals surface area contributed by atoms with E-state index >= 15 is 0 Å². The van der Waals surface area contributed by atoms with Crippen LogP contribution in [0.15, 0.2) is 36.4 Å². The number of nitrogens with zero attached hydrogens (tertiary/aromatic N) is 3. The minimum atomic E-state index is -0.0931. The van der Waals surface area contributed by atoms with Crippen molar-refractivity contribution in [3.8, 4) is 6.07 Å². The molecule has 2 heterocycles. The SMILES string of the molecule is Cc1ccc(C)n1C1CCN(C(=O)Nc2cccc(C#N)c2)CC1. The summed E-state index contributed by atoms with van der Waals surface area (Å²) >= 11 is 0. The lowest BCUT2D eigenvalue weighted by atomic mass is 10.0. The van der Waals surface area contributed by atoms with Gasteiger partial charge in [-0.3, -0.25) is 0 Å². The maximum absolute atomic E-state index is 12.4. The monoisotopic (exact) mass is 322 g/mol. The lowest BCUT2D eigenvalue weighted by Gasteiger charge is -2.34. The molecule has 0 bridgehead atoms. The van der Waals surface area contributed by atoms with Gasteiger partial charge in [-0.1, -0.05) is 6.07 Å². The highest BCUT2D eigenvalue weighted by molar-refractivity contribution is 5.89. The van der Waals surface area contributed by atoms with Crippen LogP contribution in [0.1, 0.15) is 35.8 Å². The van der Waals surface area contributed by atoms with Crippen molar-refractivity contribution in [2.24, 2.45) is 0 Å². The molecule has 1 N–H and O–H groups in total. The predicted octanol–water partition coefficient (Wildman–Crippen LogP) is 3.85. The number of nitrogens with one attached hydrogen (secondary N) is 1. The highest BCUT2D eigenvalue weighted by atomic mass is 16.2. The van der Waals surface area contributed by atoms with Crippen molar-refractivity contribution in [3.05, 3.63) is 53.3 Å². The molecule has 24 heavy (non-hydrogen) atoms. The van der Waals surface area contributed by atoms with Gasteiger partial charge < -0.3 is 14.8 Å². The number of benzene rings is 1. The number of aromatic nitrogens is 1. The molecule has 0 spiro atoms. The molecule has 0 atom stereocenters. The Bertz CT molecular complexity index is 759. The Labute approximate surface area is 142 Å². The number of aryl methyl sites for hydroxylation is 2. The van der Waals surface area contributed by atoms with Crippen LogP contribution in [0.2, 0.25) is 0 Å². The summed E-state index contributed by atoms with van der Waals surface area (Å²) in [6, 6.07) is 13.8. The number of carbonyl (C=O) groups is 1. The molecule has 1 aromatic carbocycles. The van der Waals surface area contributed by atoms with Gasteiger partial charge in [0.2, 0.25) is 0 Å². The van der Waals surface area contributed by atoms with Gasteiger partial charge in [-0.2, -0.15) is 5.26 Å².